The summed E-state index contributed by atoms with van der Waals surface area (Å²) in [6.45, 7) is 1.77. The summed E-state index contributed by atoms with van der Waals surface area (Å²) in [5.74, 6) is -0.785. The molecule has 0 N–H and O–H groups in total. The summed E-state index contributed by atoms with van der Waals surface area (Å²) >= 11 is 0. The molecule has 0 aromatic rings. The third-order valence-electron chi connectivity index (χ3n) is 4.64. The van der Waals surface area contributed by atoms with E-state index in [4.69, 9.17) is 23.7 Å². The number of ether oxygens (including phenoxy) is 5. The third kappa shape index (κ3) is 1.97. The van der Waals surface area contributed by atoms with Gasteiger partial charge in [0.25, 0.3) is 0 Å². The van der Waals surface area contributed by atoms with Crippen molar-refractivity contribution in [2.45, 2.75) is 75.5 Å². The summed E-state index contributed by atoms with van der Waals surface area (Å²) < 4.78 is 29.1. The fourth-order valence-corrected chi connectivity index (χ4v) is 3.79. The lowest BCUT2D eigenvalue weighted by Crippen LogP contribution is -2.40. The van der Waals surface area contributed by atoms with E-state index in [1.54, 1.807) is 0 Å². The van der Waals surface area contributed by atoms with Gasteiger partial charge < -0.3 is 23.7 Å². The van der Waals surface area contributed by atoms with Gasteiger partial charge in [-0.05, 0) is 12.8 Å². The fourth-order valence-electron chi connectivity index (χ4n) is 3.79. The molecule has 0 bridgehead atoms. The number of carbonyl (C=O) groups excluding carboxylic acids is 1. The van der Waals surface area contributed by atoms with Gasteiger partial charge in [0.05, 0.1) is 6.61 Å². The molecular weight excluding hydrogens is 264 g/mol. The number of esters is 1. The SMILES string of the molecule is CC(=O)O[C@@H]1CO[C@@H]2[C@H]3OC4(CCCCC4)O[C@H]3O[C@@H]21. The van der Waals surface area contributed by atoms with Crippen molar-refractivity contribution in [3.63, 3.8) is 0 Å². The Balaban J connectivity index is 1.46. The van der Waals surface area contributed by atoms with E-state index >= 15 is 0 Å². The molecule has 3 saturated heterocycles. The van der Waals surface area contributed by atoms with Gasteiger partial charge in [-0.15, -0.1) is 0 Å². The van der Waals surface area contributed by atoms with Gasteiger partial charge in [0.1, 0.15) is 18.3 Å². The van der Waals surface area contributed by atoms with Crippen molar-refractivity contribution in [1.82, 2.24) is 0 Å². The molecule has 5 atom stereocenters. The van der Waals surface area contributed by atoms with Crippen molar-refractivity contribution in [3.05, 3.63) is 0 Å². The van der Waals surface area contributed by atoms with Crippen molar-refractivity contribution in [2.75, 3.05) is 6.61 Å². The Morgan fingerprint density at radius 1 is 1.10 bits per heavy atom. The first-order chi connectivity index (χ1) is 9.67. The van der Waals surface area contributed by atoms with Crippen LogP contribution in [-0.4, -0.2) is 49.1 Å². The Kier molecular flexibility index (Phi) is 3.03. The molecule has 4 rings (SSSR count). The summed E-state index contributed by atoms with van der Waals surface area (Å²) in [4.78, 5) is 11.1. The van der Waals surface area contributed by atoms with Crippen LogP contribution >= 0.6 is 0 Å². The van der Waals surface area contributed by atoms with Crippen LogP contribution in [0, 0.1) is 0 Å². The summed E-state index contributed by atoms with van der Waals surface area (Å²) in [6, 6.07) is 0. The van der Waals surface area contributed by atoms with Crippen LogP contribution < -0.4 is 0 Å². The first kappa shape index (κ1) is 13.0. The lowest BCUT2D eigenvalue weighted by molar-refractivity contribution is -0.246. The number of hydrogen-bond acceptors (Lipinski definition) is 6. The maximum atomic E-state index is 11.1. The zero-order valence-corrected chi connectivity index (χ0v) is 11.6. The first-order valence-electron chi connectivity index (χ1n) is 7.47. The van der Waals surface area contributed by atoms with Crippen LogP contribution in [0.3, 0.4) is 0 Å². The predicted molar refractivity (Wildman–Crippen MR) is 65.7 cm³/mol. The number of rotatable bonds is 1. The van der Waals surface area contributed by atoms with Crippen LogP contribution in [0.4, 0.5) is 0 Å². The van der Waals surface area contributed by atoms with E-state index in [1.807, 2.05) is 0 Å². The Bertz CT molecular complexity index is 404. The Labute approximate surface area is 117 Å². The minimum Gasteiger partial charge on any atom is -0.457 e. The maximum absolute atomic E-state index is 11.1. The van der Waals surface area contributed by atoms with Crippen molar-refractivity contribution >= 4 is 5.97 Å². The molecule has 1 spiro atoms. The lowest BCUT2D eigenvalue weighted by atomic mass is 9.94. The Morgan fingerprint density at radius 3 is 2.65 bits per heavy atom. The van der Waals surface area contributed by atoms with Gasteiger partial charge in [0.2, 0.25) is 0 Å². The summed E-state index contributed by atoms with van der Waals surface area (Å²) in [5, 5.41) is 0. The number of hydrogen-bond donors (Lipinski definition) is 0. The van der Waals surface area contributed by atoms with Crippen LogP contribution in [0.25, 0.3) is 0 Å². The van der Waals surface area contributed by atoms with Crippen LogP contribution in [0.1, 0.15) is 39.0 Å². The molecule has 6 nitrogen and oxygen atoms in total. The molecule has 6 heteroatoms. The number of carbonyl (C=O) groups is 1. The molecule has 1 saturated carbocycles. The van der Waals surface area contributed by atoms with E-state index in [0.717, 1.165) is 25.7 Å². The average molecular weight is 284 g/mol. The van der Waals surface area contributed by atoms with Gasteiger partial charge in [-0.3, -0.25) is 4.79 Å². The van der Waals surface area contributed by atoms with E-state index < -0.39 is 5.79 Å². The third-order valence-corrected chi connectivity index (χ3v) is 4.64. The molecule has 0 aromatic heterocycles. The van der Waals surface area contributed by atoms with E-state index in [9.17, 15) is 4.79 Å². The van der Waals surface area contributed by atoms with Crippen molar-refractivity contribution in [2.24, 2.45) is 0 Å². The zero-order valence-electron chi connectivity index (χ0n) is 11.6. The quantitative estimate of drug-likeness (QED) is 0.672. The second kappa shape index (κ2) is 4.66. The molecule has 3 heterocycles. The van der Waals surface area contributed by atoms with Crippen LogP contribution in [-0.2, 0) is 28.5 Å². The van der Waals surface area contributed by atoms with Gasteiger partial charge in [-0.1, -0.05) is 6.42 Å². The van der Waals surface area contributed by atoms with Gasteiger partial charge in [-0.2, -0.15) is 0 Å². The highest BCUT2D eigenvalue weighted by atomic mass is 16.8. The highest BCUT2D eigenvalue weighted by Gasteiger charge is 2.62. The highest BCUT2D eigenvalue weighted by Crippen LogP contribution is 2.47. The van der Waals surface area contributed by atoms with Crippen molar-refractivity contribution < 1.29 is 28.5 Å². The molecule has 4 fully saturated rings. The number of fused-ring (bicyclic) bond motifs is 3. The van der Waals surface area contributed by atoms with Crippen molar-refractivity contribution in [1.29, 1.82) is 0 Å². The van der Waals surface area contributed by atoms with E-state index in [0.29, 0.717) is 6.61 Å². The standard InChI is InChI=1S/C14H20O6/c1-8(15)17-9-7-16-11-10(9)18-13-12(11)19-14(20-13)5-3-2-4-6-14/h9-13H,2-7H2,1H3/t9-,10-,11+,12-,13-/m1/s1. The summed E-state index contributed by atoms with van der Waals surface area (Å²) in [5.41, 5.74) is 0. The monoisotopic (exact) mass is 284 g/mol. The zero-order chi connectivity index (χ0) is 13.7. The minimum absolute atomic E-state index is 0.189. The van der Waals surface area contributed by atoms with Crippen LogP contribution in [0.2, 0.25) is 0 Å². The molecule has 0 aromatic carbocycles. The molecule has 1 aliphatic carbocycles. The molecule has 0 unspecified atom stereocenters. The van der Waals surface area contributed by atoms with E-state index in [2.05, 4.69) is 0 Å². The molecule has 0 amide bonds. The highest BCUT2D eigenvalue weighted by molar-refractivity contribution is 5.66. The van der Waals surface area contributed by atoms with Crippen LogP contribution in [0.5, 0.6) is 0 Å². The van der Waals surface area contributed by atoms with Gasteiger partial charge in [0, 0.05) is 19.8 Å². The molecule has 0 radical (unpaired) electrons. The molecular formula is C14H20O6. The minimum atomic E-state index is -0.471. The molecule has 20 heavy (non-hydrogen) atoms. The van der Waals surface area contributed by atoms with E-state index in [1.165, 1.54) is 13.3 Å². The maximum Gasteiger partial charge on any atom is 0.303 e. The largest absolute Gasteiger partial charge is 0.457 e. The van der Waals surface area contributed by atoms with E-state index in [-0.39, 0.29) is 36.7 Å². The van der Waals surface area contributed by atoms with Crippen molar-refractivity contribution in [3.8, 4) is 0 Å². The second-order valence-electron chi connectivity index (χ2n) is 6.09. The lowest BCUT2D eigenvalue weighted by Gasteiger charge is -2.33. The molecule has 112 valence electrons. The predicted octanol–water partition coefficient (Wildman–Crippen LogP) is 1.12. The Hall–Kier alpha value is -0.690. The summed E-state index contributed by atoms with van der Waals surface area (Å²) in [7, 11) is 0. The van der Waals surface area contributed by atoms with Gasteiger partial charge >= 0.3 is 5.97 Å². The fraction of sp³-hybridized carbons (Fsp3) is 0.929. The normalized spacial score (nSPS) is 45.4. The smallest absolute Gasteiger partial charge is 0.303 e. The Morgan fingerprint density at radius 2 is 1.90 bits per heavy atom. The second-order valence-corrected chi connectivity index (χ2v) is 6.09. The average Bonchev–Trinajstić information content (AvgIpc) is 3.02. The van der Waals surface area contributed by atoms with Gasteiger partial charge in [-0.25, -0.2) is 0 Å². The molecule has 4 aliphatic rings. The van der Waals surface area contributed by atoms with Crippen LogP contribution in [0.15, 0.2) is 0 Å². The summed E-state index contributed by atoms with van der Waals surface area (Å²) in [6.07, 6.45) is 3.96. The molecule has 3 aliphatic heterocycles. The van der Waals surface area contributed by atoms with Gasteiger partial charge in [0.15, 0.2) is 18.2 Å². The topological polar surface area (TPSA) is 63.2 Å². The first-order valence-corrected chi connectivity index (χ1v) is 7.47.